The largest absolute Gasteiger partial charge is 0.504 e. The van der Waals surface area contributed by atoms with Crippen molar-refractivity contribution in [2.24, 2.45) is 0 Å². The Morgan fingerprint density at radius 3 is 2.38 bits per heavy atom. The molecular formula is C17H14O4. The van der Waals surface area contributed by atoms with E-state index in [9.17, 15) is 15.0 Å². The first-order chi connectivity index (χ1) is 10.1. The third kappa shape index (κ3) is 2.74. The zero-order chi connectivity index (χ0) is 14.8. The highest BCUT2D eigenvalue weighted by Gasteiger charge is 2.09. The topological polar surface area (TPSA) is 70.7 Å². The van der Waals surface area contributed by atoms with Gasteiger partial charge in [0, 0.05) is 18.6 Å². The van der Waals surface area contributed by atoms with Crippen LogP contribution in [0.1, 0.15) is 11.3 Å². The second-order valence-corrected chi connectivity index (χ2v) is 4.90. The number of fused-ring (bicyclic) bond motifs is 1. The van der Waals surface area contributed by atoms with Gasteiger partial charge in [0.1, 0.15) is 11.3 Å². The van der Waals surface area contributed by atoms with Crippen LogP contribution in [0.25, 0.3) is 11.0 Å². The molecule has 0 radical (unpaired) electrons. The van der Waals surface area contributed by atoms with E-state index < -0.39 is 0 Å². The average molecular weight is 282 g/mol. The number of hydrogen-bond acceptors (Lipinski definition) is 4. The van der Waals surface area contributed by atoms with Gasteiger partial charge in [-0.3, -0.25) is 4.79 Å². The van der Waals surface area contributed by atoms with Gasteiger partial charge >= 0.3 is 0 Å². The van der Waals surface area contributed by atoms with Crippen molar-refractivity contribution in [3.8, 4) is 11.5 Å². The van der Waals surface area contributed by atoms with Crippen LogP contribution in [0.4, 0.5) is 0 Å². The first-order valence-electron chi connectivity index (χ1n) is 6.66. The summed E-state index contributed by atoms with van der Waals surface area (Å²) in [6.45, 7) is 0. The second-order valence-electron chi connectivity index (χ2n) is 4.90. The summed E-state index contributed by atoms with van der Waals surface area (Å²) in [6, 6.07) is 13.8. The highest BCUT2D eigenvalue weighted by molar-refractivity contribution is 5.80. The molecular weight excluding hydrogens is 268 g/mol. The van der Waals surface area contributed by atoms with E-state index in [2.05, 4.69) is 0 Å². The highest BCUT2D eigenvalue weighted by Crippen LogP contribution is 2.29. The van der Waals surface area contributed by atoms with E-state index in [1.165, 1.54) is 18.2 Å². The smallest absolute Gasteiger partial charge is 0.193 e. The van der Waals surface area contributed by atoms with Crippen molar-refractivity contribution < 1.29 is 14.6 Å². The van der Waals surface area contributed by atoms with Gasteiger partial charge < -0.3 is 14.6 Å². The van der Waals surface area contributed by atoms with Crippen LogP contribution in [0.3, 0.4) is 0 Å². The quantitative estimate of drug-likeness (QED) is 0.724. The van der Waals surface area contributed by atoms with Crippen LogP contribution in [-0.2, 0) is 12.8 Å². The highest BCUT2D eigenvalue weighted by atomic mass is 16.3. The molecule has 1 heterocycles. The minimum atomic E-state index is -0.327. The maximum absolute atomic E-state index is 12.0. The van der Waals surface area contributed by atoms with Gasteiger partial charge in [-0.2, -0.15) is 0 Å². The van der Waals surface area contributed by atoms with Gasteiger partial charge in [0.2, 0.25) is 0 Å². The third-order valence-corrected chi connectivity index (χ3v) is 3.38. The summed E-state index contributed by atoms with van der Waals surface area (Å²) < 4.78 is 5.63. The SMILES string of the molecule is O=c1cc(CCc2ccccc2)oc2cc(O)c(O)cc12. The van der Waals surface area contributed by atoms with Crippen LogP contribution >= 0.6 is 0 Å². The van der Waals surface area contributed by atoms with Crippen molar-refractivity contribution in [3.63, 3.8) is 0 Å². The second kappa shape index (κ2) is 5.32. The van der Waals surface area contributed by atoms with Crippen LogP contribution in [0.2, 0.25) is 0 Å². The van der Waals surface area contributed by atoms with E-state index in [0.717, 1.165) is 12.0 Å². The summed E-state index contributed by atoms with van der Waals surface area (Å²) in [7, 11) is 0. The van der Waals surface area contributed by atoms with Gasteiger partial charge in [-0.15, -0.1) is 0 Å². The predicted molar refractivity (Wildman–Crippen MR) is 79.7 cm³/mol. The zero-order valence-electron chi connectivity index (χ0n) is 11.2. The normalized spacial score (nSPS) is 10.9. The van der Waals surface area contributed by atoms with Crippen LogP contribution in [0.5, 0.6) is 11.5 Å². The zero-order valence-corrected chi connectivity index (χ0v) is 11.2. The molecule has 0 aliphatic carbocycles. The lowest BCUT2D eigenvalue weighted by molar-refractivity contribution is 0.403. The number of hydrogen-bond donors (Lipinski definition) is 2. The molecule has 0 saturated carbocycles. The molecule has 0 atom stereocenters. The van der Waals surface area contributed by atoms with Gasteiger partial charge in [0.25, 0.3) is 0 Å². The first-order valence-corrected chi connectivity index (χ1v) is 6.66. The summed E-state index contributed by atoms with van der Waals surface area (Å²) in [5.41, 5.74) is 1.21. The number of aromatic hydroxyl groups is 2. The van der Waals surface area contributed by atoms with E-state index >= 15 is 0 Å². The maximum atomic E-state index is 12.0. The Balaban J connectivity index is 1.93. The molecule has 4 nitrogen and oxygen atoms in total. The summed E-state index contributed by atoms with van der Waals surface area (Å²) in [4.78, 5) is 12.0. The fraction of sp³-hybridized carbons (Fsp3) is 0.118. The number of rotatable bonds is 3. The van der Waals surface area contributed by atoms with E-state index in [1.807, 2.05) is 30.3 Å². The van der Waals surface area contributed by atoms with Crippen LogP contribution < -0.4 is 5.43 Å². The maximum Gasteiger partial charge on any atom is 0.193 e. The molecule has 0 unspecified atom stereocenters. The monoisotopic (exact) mass is 282 g/mol. The Morgan fingerprint density at radius 2 is 1.62 bits per heavy atom. The minimum Gasteiger partial charge on any atom is -0.504 e. The van der Waals surface area contributed by atoms with Gasteiger partial charge in [-0.25, -0.2) is 0 Å². The molecule has 3 rings (SSSR count). The third-order valence-electron chi connectivity index (χ3n) is 3.38. The number of phenolic OH excluding ortho intramolecular Hbond substituents is 2. The lowest BCUT2D eigenvalue weighted by Gasteiger charge is -2.05. The Bertz CT molecular complexity index is 835. The van der Waals surface area contributed by atoms with Crippen LogP contribution in [0, 0.1) is 0 Å². The van der Waals surface area contributed by atoms with Gasteiger partial charge in [-0.1, -0.05) is 30.3 Å². The number of phenols is 2. The molecule has 0 aliphatic rings. The Morgan fingerprint density at radius 1 is 0.905 bits per heavy atom. The molecule has 0 spiro atoms. The molecule has 3 aromatic rings. The summed E-state index contributed by atoms with van der Waals surface area (Å²) >= 11 is 0. The number of benzene rings is 2. The molecule has 1 aromatic heterocycles. The molecule has 0 saturated heterocycles. The lowest BCUT2D eigenvalue weighted by atomic mass is 10.1. The fourth-order valence-electron chi connectivity index (χ4n) is 2.26. The minimum absolute atomic E-state index is 0.227. The Hall–Kier alpha value is -2.75. The van der Waals surface area contributed by atoms with E-state index in [0.29, 0.717) is 12.2 Å². The summed E-state index contributed by atoms with van der Waals surface area (Å²) in [5.74, 6) is -0.0702. The Kier molecular flexibility index (Phi) is 3.36. The van der Waals surface area contributed by atoms with E-state index in [1.54, 1.807) is 0 Å². The fourth-order valence-corrected chi connectivity index (χ4v) is 2.26. The molecule has 21 heavy (non-hydrogen) atoms. The van der Waals surface area contributed by atoms with E-state index in [4.69, 9.17) is 4.42 Å². The molecule has 0 aliphatic heterocycles. The van der Waals surface area contributed by atoms with Crippen molar-refractivity contribution in [3.05, 3.63) is 70.1 Å². The Labute approximate surface area is 120 Å². The average Bonchev–Trinajstić information content (AvgIpc) is 2.48. The van der Waals surface area contributed by atoms with E-state index in [-0.39, 0.29) is 27.9 Å². The molecule has 0 amide bonds. The lowest BCUT2D eigenvalue weighted by Crippen LogP contribution is -2.03. The summed E-state index contributed by atoms with van der Waals surface area (Å²) in [6.07, 6.45) is 1.36. The standard InChI is InChI=1S/C17H14O4/c18-14-8-12(7-6-11-4-2-1-3-5-11)21-17-10-16(20)15(19)9-13(14)17/h1-5,8-10,19-20H,6-7H2. The van der Waals surface area contributed by atoms with Gasteiger partial charge in [0.05, 0.1) is 5.39 Å². The van der Waals surface area contributed by atoms with Crippen molar-refractivity contribution >= 4 is 11.0 Å². The van der Waals surface area contributed by atoms with Crippen molar-refractivity contribution in [2.45, 2.75) is 12.8 Å². The molecule has 4 heteroatoms. The van der Waals surface area contributed by atoms with Crippen molar-refractivity contribution in [1.29, 1.82) is 0 Å². The van der Waals surface area contributed by atoms with Crippen LogP contribution in [-0.4, -0.2) is 10.2 Å². The molecule has 2 N–H and O–H groups in total. The summed E-state index contributed by atoms with van der Waals surface area (Å²) in [5, 5.41) is 19.2. The van der Waals surface area contributed by atoms with Gasteiger partial charge in [-0.05, 0) is 18.1 Å². The van der Waals surface area contributed by atoms with Crippen molar-refractivity contribution in [1.82, 2.24) is 0 Å². The van der Waals surface area contributed by atoms with Crippen molar-refractivity contribution in [2.75, 3.05) is 0 Å². The predicted octanol–water partition coefficient (Wildman–Crippen LogP) is 2.99. The first kappa shape index (κ1) is 13.2. The van der Waals surface area contributed by atoms with Gasteiger partial charge in [0.15, 0.2) is 16.9 Å². The molecule has 106 valence electrons. The molecule has 2 aromatic carbocycles. The number of aryl methyl sites for hydroxylation is 2. The molecule has 0 bridgehead atoms. The van der Waals surface area contributed by atoms with Crippen LogP contribution in [0.15, 0.2) is 57.7 Å². The molecule has 0 fully saturated rings.